The van der Waals surface area contributed by atoms with Gasteiger partial charge in [0, 0.05) is 23.7 Å². The standard InChI is InChI=1S/C21H22ClN3O2S/c1-14-9-11-25(12-10-14)20(27)17-7-2-3-8-18(17)23-21(28)24-19(26)15-5-4-6-16(22)13-15/h2-8,13-14H,9-12H2,1H3,(H2,23,24,26,28). The molecule has 28 heavy (non-hydrogen) atoms. The van der Waals surface area contributed by atoms with Gasteiger partial charge in [-0.15, -0.1) is 0 Å². The van der Waals surface area contributed by atoms with Gasteiger partial charge in [0.1, 0.15) is 0 Å². The van der Waals surface area contributed by atoms with Crippen LogP contribution in [0.5, 0.6) is 0 Å². The van der Waals surface area contributed by atoms with Crippen LogP contribution in [0.3, 0.4) is 0 Å². The summed E-state index contributed by atoms with van der Waals surface area (Å²) in [6, 6.07) is 13.8. The van der Waals surface area contributed by atoms with Crippen molar-refractivity contribution in [3.8, 4) is 0 Å². The Hall–Kier alpha value is -2.44. The van der Waals surface area contributed by atoms with Crippen molar-refractivity contribution < 1.29 is 9.59 Å². The van der Waals surface area contributed by atoms with E-state index in [9.17, 15) is 9.59 Å². The summed E-state index contributed by atoms with van der Waals surface area (Å²) in [5.74, 6) is 0.250. The Morgan fingerprint density at radius 1 is 1.11 bits per heavy atom. The molecule has 0 aromatic heterocycles. The predicted molar refractivity (Wildman–Crippen MR) is 116 cm³/mol. The van der Waals surface area contributed by atoms with E-state index in [1.165, 1.54) is 0 Å². The molecule has 0 bridgehead atoms. The van der Waals surface area contributed by atoms with E-state index in [0.29, 0.717) is 27.8 Å². The molecule has 1 saturated heterocycles. The van der Waals surface area contributed by atoms with Gasteiger partial charge < -0.3 is 10.2 Å². The first-order chi connectivity index (χ1) is 13.4. The van der Waals surface area contributed by atoms with Gasteiger partial charge in [0.2, 0.25) is 0 Å². The molecule has 1 aliphatic rings. The molecule has 0 radical (unpaired) electrons. The van der Waals surface area contributed by atoms with Crippen molar-refractivity contribution in [2.75, 3.05) is 18.4 Å². The molecule has 2 aromatic carbocycles. The average Bonchev–Trinajstić information content (AvgIpc) is 2.68. The zero-order chi connectivity index (χ0) is 20.1. The van der Waals surface area contributed by atoms with Gasteiger partial charge in [0.05, 0.1) is 11.3 Å². The van der Waals surface area contributed by atoms with Crippen molar-refractivity contribution in [1.82, 2.24) is 10.2 Å². The van der Waals surface area contributed by atoms with Gasteiger partial charge in [-0.25, -0.2) is 0 Å². The van der Waals surface area contributed by atoms with E-state index in [1.807, 2.05) is 17.0 Å². The van der Waals surface area contributed by atoms with Crippen LogP contribution in [0, 0.1) is 5.92 Å². The lowest BCUT2D eigenvalue weighted by Crippen LogP contribution is -2.39. The predicted octanol–water partition coefficient (Wildman–Crippen LogP) is 4.34. The lowest BCUT2D eigenvalue weighted by atomic mass is 9.98. The average molecular weight is 416 g/mol. The number of rotatable bonds is 3. The second-order valence-corrected chi connectivity index (χ2v) is 7.78. The maximum Gasteiger partial charge on any atom is 0.257 e. The van der Waals surface area contributed by atoms with E-state index in [1.54, 1.807) is 36.4 Å². The highest BCUT2D eigenvalue weighted by atomic mass is 35.5. The zero-order valence-corrected chi connectivity index (χ0v) is 17.1. The number of benzene rings is 2. The molecule has 146 valence electrons. The van der Waals surface area contributed by atoms with Crippen LogP contribution >= 0.6 is 23.8 Å². The fraction of sp³-hybridized carbons (Fsp3) is 0.286. The second kappa shape index (κ2) is 9.17. The summed E-state index contributed by atoms with van der Waals surface area (Å²) in [5, 5.41) is 6.19. The number of piperidine rings is 1. The van der Waals surface area contributed by atoms with Gasteiger partial charge in [-0.2, -0.15) is 0 Å². The number of carbonyl (C=O) groups excluding carboxylic acids is 2. The molecule has 1 aliphatic heterocycles. The Morgan fingerprint density at radius 2 is 1.82 bits per heavy atom. The summed E-state index contributed by atoms with van der Waals surface area (Å²) >= 11 is 11.2. The third kappa shape index (κ3) is 5.09. The lowest BCUT2D eigenvalue weighted by molar-refractivity contribution is 0.0698. The van der Waals surface area contributed by atoms with E-state index in [4.69, 9.17) is 23.8 Å². The maximum absolute atomic E-state index is 12.9. The molecule has 0 saturated carbocycles. The number of carbonyl (C=O) groups is 2. The van der Waals surface area contributed by atoms with Crippen LogP contribution in [0.4, 0.5) is 5.69 Å². The van der Waals surface area contributed by atoms with Crippen LogP contribution in [0.25, 0.3) is 0 Å². The van der Waals surface area contributed by atoms with Gasteiger partial charge in [-0.05, 0) is 61.3 Å². The van der Waals surface area contributed by atoms with Gasteiger partial charge >= 0.3 is 0 Å². The number of halogens is 1. The number of nitrogens with zero attached hydrogens (tertiary/aromatic N) is 1. The third-order valence-electron chi connectivity index (χ3n) is 4.79. The van der Waals surface area contributed by atoms with Crippen molar-refractivity contribution in [1.29, 1.82) is 0 Å². The number of amides is 2. The van der Waals surface area contributed by atoms with E-state index < -0.39 is 0 Å². The van der Waals surface area contributed by atoms with Gasteiger partial charge in [-0.3, -0.25) is 14.9 Å². The van der Waals surface area contributed by atoms with Crippen LogP contribution in [0.2, 0.25) is 5.02 Å². The minimum Gasteiger partial charge on any atom is -0.339 e. The first-order valence-electron chi connectivity index (χ1n) is 9.20. The molecule has 3 rings (SSSR count). The van der Waals surface area contributed by atoms with E-state index in [0.717, 1.165) is 25.9 Å². The summed E-state index contributed by atoms with van der Waals surface area (Å²) < 4.78 is 0. The summed E-state index contributed by atoms with van der Waals surface area (Å²) in [6.07, 6.45) is 2.02. The largest absolute Gasteiger partial charge is 0.339 e. The molecule has 0 unspecified atom stereocenters. The van der Waals surface area contributed by atoms with Crippen LogP contribution in [0.15, 0.2) is 48.5 Å². The van der Waals surface area contributed by atoms with Crippen molar-refractivity contribution >= 4 is 46.4 Å². The Balaban J connectivity index is 1.68. The van der Waals surface area contributed by atoms with Gasteiger partial charge in [-0.1, -0.05) is 36.7 Å². The first kappa shape index (κ1) is 20.3. The third-order valence-corrected chi connectivity index (χ3v) is 5.23. The Kier molecular flexibility index (Phi) is 6.65. The van der Waals surface area contributed by atoms with E-state index >= 15 is 0 Å². The minimum atomic E-state index is -0.367. The normalized spacial score (nSPS) is 14.4. The number of anilines is 1. The molecule has 2 amide bonds. The maximum atomic E-state index is 12.9. The number of para-hydroxylation sites is 1. The Morgan fingerprint density at radius 3 is 2.54 bits per heavy atom. The minimum absolute atomic E-state index is 0.0287. The number of likely N-dealkylation sites (tertiary alicyclic amines) is 1. The van der Waals surface area contributed by atoms with Crippen LogP contribution in [-0.2, 0) is 0 Å². The number of nitrogens with one attached hydrogen (secondary N) is 2. The second-order valence-electron chi connectivity index (χ2n) is 6.94. The number of hydrogen-bond donors (Lipinski definition) is 2. The van der Waals surface area contributed by atoms with Crippen molar-refractivity contribution in [2.45, 2.75) is 19.8 Å². The molecule has 0 spiro atoms. The molecule has 5 nitrogen and oxygen atoms in total. The van der Waals surface area contributed by atoms with Gasteiger partial charge in [0.15, 0.2) is 5.11 Å². The van der Waals surface area contributed by atoms with Crippen LogP contribution in [0.1, 0.15) is 40.5 Å². The van der Waals surface area contributed by atoms with Crippen molar-refractivity contribution in [2.24, 2.45) is 5.92 Å². The Labute approximate surface area is 175 Å². The highest BCUT2D eigenvalue weighted by Crippen LogP contribution is 2.22. The highest BCUT2D eigenvalue weighted by molar-refractivity contribution is 7.80. The molecule has 2 N–H and O–H groups in total. The summed E-state index contributed by atoms with van der Waals surface area (Å²) in [6.45, 7) is 3.72. The monoisotopic (exact) mass is 415 g/mol. The lowest BCUT2D eigenvalue weighted by Gasteiger charge is -2.30. The SMILES string of the molecule is CC1CCN(C(=O)c2ccccc2NC(=S)NC(=O)c2cccc(Cl)c2)CC1. The molecule has 0 atom stereocenters. The highest BCUT2D eigenvalue weighted by Gasteiger charge is 2.23. The van der Waals surface area contributed by atoms with E-state index in [2.05, 4.69) is 17.6 Å². The molecular formula is C21H22ClN3O2S. The molecule has 0 aliphatic carbocycles. The smallest absolute Gasteiger partial charge is 0.257 e. The van der Waals surface area contributed by atoms with E-state index in [-0.39, 0.29) is 16.9 Å². The molecule has 2 aromatic rings. The van der Waals surface area contributed by atoms with Crippen LogP contribution < -0.4 is 10.6 Å². The molecule has 1 fully saturated rings. The van der Waals surface area contributed by atoms with Crippen LogP contribution in [-0.4, -0.2) is 34.9 Å². The number of thiocarbonyl (C=S) groups is 1. The molecular weight excluding hydrogens is 394 g/mol. The summed E-state index contributed by atoms with van der Waals surface area (Å²) in [4.78, 5) is 27.1. The quantitative estimate of drug-likeness (QED) is 0.732. The van der Waals surface area contributed by atoms with Crippen molar-refractivity contribution in [3.63, 3.8) is 0 Å². The van der Waals surface area contributed by atoms with Crippen molar-refractivity contribution in [3.05, 3.63) is 64.7 Å². The topological polar surface area (TPSA) is 61.4 Å². The molecule has 1 heterocycles. The fourth-order valence-electron chi connectivity index (χ4n) is 3.12. The summed E-state index contributed by atoms with van der Waals surface area (Å²) in [5.41, 5.74) is 1.52. The zero-order valence-electron chi connectivity index (χ0n) is 15.6. The first-order valence-corrected chi connectivity index (χ1v) is 9.99. The summed E-state index contributed by atoms with van der Waals surface area (Å²) in [7, 11) is 0. The van der Waals surface area contributed by atoms with Gasteiger partial charge in [0.25, 0.3) is 11.8 Å². The Bertz CT molecular complexity index is 895. The fourth-order valence-corrected chi connectivity index (χ4v) is 3.51. The molecule has 7 heteroatoms. The number of hydrogen-bond acceptors (Lipinski definition) is 3.